The van der Waals surface area contributed by atoms with Gasteiger partial charge in [-0.1, -0.05) is 42.8 Å². The Balaban J connectivity index is 1.73. The number of hydrogen-bond donors (Lipinski definition) is 1. The molecule has 1 aliphatic heterocycles. The Labute approximate surface area is 194 Å². The van der Waals surface area contributed by atoms with Crippen LogP contribution in [0.1, 0.15) is 44.7 Å². The van der Waals surface area contributed by atoms with Crippen molar-refractivity contribution < 1.29 is 19.1 Å². The second-order valence-electron chi connectivity index (χ2n) is 8.08. The highest BCUT2D eigenvalue weighted by Gasteiger charge is 2.27. The molecule has 1 heterocycles. The van der Waals surface area contributed by atoms with E-state index < -0.39 is 6.04 Å². The van der Waals surface area contributed by atoms with Crippen LogP contribution in [0, 0.1) is 0 Å². The molecule has 7 heteroatoms. The predicted molar refractivity (Wildman–Crippen MR) is 125 cm³/mol. The lowest BCUT2D eigenvalue weighted by Crippen LogP contribution is -2.49. The largest absolute Gasteiger partial charge is 0.486 e. The zero-order valence-electron chi connectivity index (χ0n) is 18.9. The smallest absolute Gasteiger partial charge is 0.242 e. The highest BCUT2D eigenvalue weighted by atomic mass is 35.5. The summed E-state index contributed by atoms with van der Waals surface area (Å²) in [6.07, 6.45) is 1.63. The molecule has 2 aromatic carbocycles. The van der Waals surface area contributed by atoms with Gasteiger partial charge in [-0.2, -0.15) is 0 Å². The van der Waals surface area contributed by atoms with Crippen LogP contribution >= 0.6 is 11.6 Å². The third-order valence-corrected chi connectivity index (χ3v) is 6.07. The first-order valence-corrected chi connectivity index (χ1v) is 11.5. The molecular weight excluding hydrogens is 428 g/mol. The summed E-state index contributed by atoms with van der Waals surface area (Å²) in [6, 6.07) is 12.5. The van der Waals surface area contributed by atoms with E-state index >= 15 is 0 Å². The Morgan fingerprint density at radius 3 is 2.53 bits per heavy atom. The first-order valence-electron chi connectivity index (χ1n) is 11.1. The maximum atomic E-state index is 13.3. The molecular formula is C25H31ClN2O4. The summed E-state index contributed by atoms with van der Waals surface area (Å²) < 4.78 is 11.2. The maximum absolute atomic E-state index is 13.3. The Kier molecular flexibility index (Phi) is 8.39. The number of rotatable bonds is 9. The summed E-state index contributed by atoms with van der Waals surface area (Å²) in [5.74, 6) is 1.16. The normalized spacial score (nSPS) is 14.4. The van der Waals surface area contributed by atoms with Crippen LogP contribution in [0.4, 0.5) is 0 Å². The number of amides is 2. The van der Waals surface area contributed by atoms with Crippen molar-refractivity contribution in [3.8, 4) is 11.5 Å². The fraction of sp³-hybridized carbons (Fsp3) is 0.440. The van der Waals surface area contributed by atoms with E-state index in [2.05, 4.69) is 5.32 Å². The second kappa shape index (κ2) is 11.2. The van der Waals surface area contributed by atoms with Gasteiger partial charge in [0.25, 0.3) is 0 Å². The Hall–Kier alpha value is -2.73. The molecule has 0 unspecified atom stereocenters. The third-order valence-electron chi connectivity index (χ3n) is 5.70. The van der Waals surface area contributed by atoms with Crippen LogP contribution in [0.2, 0.25) is 5.02 Å². The SMILES string of the molecule is CC[C@H](C)NC(=O)[C@H](C)N(Cc1ccccc1Cl)C(=O)CCc1ccc2c(c1)OCCO2. The molecule has 0 spiro atoms. The molecule has 2 amide bonds. The van der Waals surface area contributed by atoms with Gasteiger partial charge in [-0.15, -0.1) is 0 Å². The number of carbonyl (C=O) groups is 2. The van der Waals surface area contributed by atoms with Crippen LogP contribution in [-0.4, -0.2) is 42.0 Å². The zero-order valence-corrected chi connectivity index (χ0v) is 19.7. The molecule has 3 rings (SSSR count). The van der Waals surface area contributed by atoms with Gasteiger partial charge >= 0.3 is 0 Å². The van der Waals surface area contributed by atoms with Gasteiger partial charge in [0, 0.05) is 24.0 Å². The van der Waals surface area contributed by atoms with Crippen LogP contribution in [0.5, 0.6) is 11.5 Å². The third kappa shape index (κ3) is 6.16. The molecule has 0 fully saturated rings. The van der Waals surface area contributed by atoms with Gasteiger partial charge in [-0.25, -0.2) is 0 Å². The first-order chi connectivity index (χ1) is 15.4. The number of ether oxygens (including phenoxy) is 2. The second-order valence-corrected chi connectivity index (χ2v) is 8.49. The molecule has 32 heavy (non-hydrogen) atoms. The molecule has 1 aliphatic rings. The van der Waals surface area contributed by atoms with E-state index in [1.807, 2.05) is 50.2 Å². The molecule has 2 atom stereocenters. The minimum atomic E-state index is -0.618. The molecule has 172 valence electrons. The maximum Gasteiger partial charge on any atom is 0.242 e. The first kappa shape index (κ1) is 23.9. The Morgan fingerprint density at radius 1 is 1.09 bits per heavy atom. The van der Waals surface area contributed by atoms with Crippen molar-refractivity contribution in [2.45, 2.75) is 58.7 Å². The van der Waals surface area contributed by atoms with Crippen LogP contribution in [0.3, 0.4) is 0 Å². The van der Waals surface area contributed by atoms with Gasteiger partial charge in [-0.3, -0.25) is 9.59 Å². The molecule has 0 aromatic heterocycles. The van der Waals surface area contributed by atoms with Gasteiger partial charge in [0.2, 0.25) is 11.8 Å². The summed E-state index contributed by atoms with van der Waals surface area (Å²) in [7, 11) is 0. The quantitative estimate of drug-likeness (QED) is 0.605. The highest BCUT2D eigenvalue weighted by Crippen LogP contribution is 2.31. The summed E-state index contributed by atoms with van der Waals surface area (Å²) in [5.41, 5.74) is 1.79. The van der Waals surface area contributed by atoms with Crippen molar-refractivity contribution in [2.24, 2.45) is 0 Å². The minimum Gasteiger partial charge on any atom is -0.486 e. The van der Waals surface area contributed by atoms with Crippen molar-refractivity contribution in [3.05, 3.63) is 58.6 Å². The van der Waals surface area contributed by atoms with E-state index in [-0.39, 0.29) is 30.8 Å². The van der Waals surface area contributed by atoms with E-state index in [0.29, 0.717) is 30.4 Å². The number of benzene rings is 2. The minimum absolute atomic E-state index is 0.0416. The fourth-order valence-corrected chi connectivity index (χ4v) is 3.69. The fourth-order valence-electron chi connectivity index (χ4n) is 3.50. The molecule has 0 radical (unpaired) electrons. The zero-order chi connectivity index (χ0) is 23.1. The van der Waals surface area contributed by atoms with Crippen molar-refractivity contribution in [1.82, 2.24) is 10.2 Å². The lowest BCUT2D eigenvalue weighted by atomic mass is 10.1. The van der Waals surface area contributed by atoms with Gasteiger partial charge < -0.3 is 19.7 Å². The van der Waals surface area contributed by atoms with Crippen LogP contribution in [0.25, 0.3) is 0 Å². The van der Waals surface area contributed by atoms with Crippen molar-refractivity contribution in [1.29, 1.82) is 0 Å². The van der Waals surface area contributed by atoms with Crippen LogP contribution in [0.15, 0.2) is 42.5 Å². The van der Waals surface area contributed by atoms with Crippen molar-refractivity contribution >= 4 is 23.4 Å². The number of nitrogens with one attached hydrogen (secondary N) is 1. The molecule has 1 N–H and O–H groups in total. The molecule has 0 saturated carbocycles. The van der Waals surface area contributed by atoms with Gasteiger partial charge in [0.05, 0.1) is 0 Å². The summed E-state index contributed by atoms with van der Waals surface area (Å²) in [5, 5.41) is 3.55. The van der Waals surface area contributed by atoms with E-state index in [1.54, 1.807) is 17.9 Å². The van der Waals surface area contributed by atoms with E-state index in [4.69, 9.17) is 21.1 Å². The number of hydrogen-bond acceptors (Lipinski definition) is 4. The van der Waals surface area contributed by atoms with Crippen molar-refractivity contribution in [3.63, 3.8) is 0 Å². The Morgan fingerprint density at radius 2 is 1.81 bits per heavy atom. The monoisotopic (exact) mass is 458 g/mol. The average Bonchev–Trinajstić information content (AvgIpc) is 2.81. The number of halogens is 1. The van der Waals surface area contributed by atoms with Crippen LogP contribution < -0.4 is 14.8 Å². The summed E-state index contributed by atoms with van der Waals surface area (Å²) >= 11 is 6.34. The summed E-state index contributed by atoms with van der Waals surface area (Å²) in [6.45, 7) is 7.05. The van der Waals surface area contributed by atoms with Crippen LogP contribution in [-0.2, 0) is 22.6 Å². The predicted octanol–water partition coefficient (Wildman–Crippen LogP) is 4.38. The van der Waals surface area contributed by atoms with E-state index in [0.717, 1.165) is 23.3 Å². The lowest BCUT2D eigenvalue weighted by molar-refractivity contribution is -0.140. The topological polar surface area (TPSA) is 67.9 Å². The van der Waals surface area contributed by atoms with Gasteiger partial charge in [0.1, 0.15) is 19.3 Å². The molecule has 6 nitrogen and oxygen atoms in total. The van der Waals surface area contributed by atoms with Gasteiger partial charge in [-0.05, 0) is 56.0 Å². The highest BCUT2D eigenvalue weighted by molar-refractivity contribution is 6.31. The van der Waals surface area contributed by atoms with E-state index in [9.17, 15) is 9.59 Å². The number of fused-ring (bicyclic) bond motifs is 1. The number of carbonyl (C=O) groups excluding carboxylic acids is 2. The number of nitrogens with zero attached hydrogens (tertiary/aromatic N) is 1. The average molecular weight is 459 g/mol. The Bertz CT molecular complexity index is 949. The summed E-state index contributed by atoms with van der Waals surface area (Å²) in [4.78, 5) is 27.7. The van der Waals surface area contributed by atoms with Crippen molar-refractivity contribution in [2.75, 3.05) is 13.2 Å². The number of aryl methyl sites for hydroxylation is 1. The molecule has 0 saturated heterocycles. The van der Waals surface area contributed by atoms with Gasteiger partial charge in [0.15, 0.2) is 11.5 Å². The molecule has 2 aromatic rings. The standard InChI is InChI=1S/C25H31ClN2O4/c1-4-17(2)27-25(30)18(3)28(16-20-7-5-6-8-21(20)26)24(29)12-10-19-9-11-22-23(15-19)32-14-13-31-22/h5-9,11,15,17-18H,4,10,12-14,16H2,1-3H3,(H,27,30)/t17-,18-/m0/s1. The molecule has 0 bridgehead atoms. The lowest BCUT2D eigenvalue weighted by Gasteiger charge is -2.30. The molecule has 0 aliphatic carbocycles. The van der Waals surface area contributed by atoms with E-state index in [1.165, 1.54) is 0 Å².